The number of carboxylic acid groups (broad SMARTS) is 1. The van der Waals surface area contributed by atoms with Gasteiger partial charge in [0.05, 0.1) is 11.4 Å². The van der Waals surface area contributed by atoms with Gasteiger partial charge in [-0.1, -0.05) is 41.7 Å². The first-order valence-corrected chi connectivity index (χ1v) is 11.8. The SMILES string of the molecule is Cc1cc([C@@H](C)Nc2sc(C(F)(F)F)nc2C(=O)O)c2oc(N3Cc4ccccc4C3)cc(=O)c2c1. The summed E-state index contributed by atoms with van der Waals surface area (Å²) in [6.07, 6.45) is -4.77. The molecule has 1 atom stereocenters. The molecule has 0 saturated carbocycles. The normalized spacial score (nSPS) is 14.2. The lowest BCUT2D eigenvalue weighted by Gasteiger charge is -2.20. The highest BCUT2D eigenvalue weighted by atomic mass is 32.1. The molecule has 1 aliphatic rings. The number of aryl methyl sites for hydroxylation is 1. The number of aromatic nitrogens is 1. The van der Waals surface area contributed by atoms with Crippen molar-refractivity contribution in [1.29, 1.82) is 0 Å². The van der Waals surface area contributed by atoms with Crippen LogP contribution in [-0.4, -0.2) is 16.1 Å². The van der Waals surface area contributed by atoms with Gasteiger partial charge < -0.3 is 19.7 Å². The van der Waals surface area contributed by atoms with Crippen LogP contribution in [0.3, 0.4) is 0 Å². The van der Waals surface area contributed by atoms with E-state index in [1.807, 2.05) is 29.2 Å². The van der Waals surface area contributed by atoms with E-state index in [2.05, 4.69) is 10.3 Å². The van der Waals surface area contributed by atoms with Crippen molar-refractivity contribution in [3.63, 3.8) is 0 Å². The fraction of sp³-hybridized carbons (Fsp3) is 0.240. The molecule has 1 aliphatic heterocycles. The van der Waals surface area contributed by atoms with E-state index < -0.39 is 28.9 Å². The molecule has 2 N–H and O–H groups in total. The number of nitrogens with zero attached hydrogens (tertiary/aromatic N) is 2. The number of nitrogens with one attached hydrogen (secondary N) is 1. The lowest BCUT2D eigenvalue weighted by molar-refractivity contribution is -0.137. The van der Waals surface area contributed by atoms with E-state index in [0.29, 0.717) is 29.9 Å². The van der Waals surface area contributed by atoms with E-state index in [0.717, 1.165) is 16.7 Å². The average molecular weight is 516 g/mol. The Bertz CT molecular complexity index is 1540. The van der Waals surface area contributed by atoms with Gasteiger partial charge in [-0.05, 0) is 36.6 Å². The number of fused-ring (bicyclic) bond motifs is 2. The number of halogens is 3. The third kappa shape index (κ3) is 4.30. The number of carbonyl (C=O) groups is 1. The molecule has 0 amide bonds. The molecular weight excluding hydrogens is 495 g/mol. The van der Waals surface area contributed by atoms with E-state index in [1.54, 1.807) is 26.0 Å². The van der Waals surface area contributed by atoms with E-state index in [1.165, 1.54) is 6.07 Å². The molecule has 0 radical (unpaired) electrons. The van der Waals surface area contributed by atoms with Gasteiger partial charge in [0.25, 0.3) is 0 Å². The van der Waals surface area contributed by atoms with Gasteiger partial charge >= 0.3 is 12.1 Å². The van der Waals surface area contributed by atoms with Crippen LogP contribution in [0.15, 0.2) is 51.7 Å². The van der Waals surface area contributed by atoms with Crippen molar-refractivity contribution in [3.8, 4) is 0 Å². The highest BCUT2D eigenvalue weighted by molar-refractivity contribution is 7.16. The van der Waals surface area contributed by atoms with Crippen molar-refractivity contribution in [3.05, 3.63) is 85.6 Å². The third-order valence-corrected chi connectivity index (χ3v) is 7.06. The summed E-state index contributed by atoms with van der Waals surface area (Å²) < 4.78 is 45.7. The third-order valence-electron chi connectivity index (χ3n) is 6.03. The molecule has 7 nitrogen and oxygen atoms in total. The number of benzene rings is 2. The summed E-state index contributed by atoms with van der Waals surface area (Å²) in [4.78, 5) is 29.8. The molecule has 186 valence electrons. The van der Waals surface area contributed by atoms with Gasteiger partial charge in [0.2, 0.25) is 10.9 Å². The van der Waals surface area contributed by atoms with Crippen molar-refractivity contribution >= 4 is 39.2 Å². The molecule has 0 unspecified atom stereocenters. The fourth-order valence-electron chi connectivity index (χ4n) is 4.35. The van der Waals surface area contributed by atoms with E-state index >= 15 is 0 Å². The van der Waals surface area contributed by atoms with Crippen LogP contribution in [0.1, 0.15) is 50.7 Å². The van der Waals surface area contributed by atoms with Crippen LogP contribution in [0.5, 0.6) is 0 Å². The minimum absolute atomic E-state index is 0.218. The Kier molecular flexibility index (Phi) is 5.74. The molecule has 0 saturated heterocycles. The largest absolute Gasteiger partial charge is 0.476 e. The van der Waals surface area contributed by atoms with Crippen LogP contribution >= 0.6 is 11.3 Å². The topological polar surface area (TPSA) is 95.7 Å². The Labute approximate surface area is 206 Å². The monoisotopic (exact) mass is 515 g/mol. The summed E-state index contributed by atoms with van der Waals surface area (Å²) in [5.41, 5.74) is 2.85. The molecule has 2 aromatic carbocycles. The van der Waals surface area contributed by atoms with Gasteiger partial charge in [-0.25, -0.2) is 9.78 Å². The van der Waals surface area contributed by atoms with Crippen LogP contribution in [0.4, 0.5) is 24.1 Å². The molecular formula is C25H20F3N3O4S. The molecule has 3 heterocycles. The highest BCUT2D eigenvalue weighted by Gasteiger charge is 2.37. The van der Waals surface area contributed by atoms with Crippen molar-refractivity contribution in [2.45, 2.75) is 39.2 Å². The zero-order chi connectivity index (χ0) is 25.8. The van der Waals surface area contributed by atoms with Crippen LogP contribution in [0.2, 0.25) is 0 Å². The molecule has 0 spiro atoms. The number of anilines is 2. The Hall–Kier alpha value is -3.86. The van der Waals surface area contributed by atoms with E-state index in [-0.39, 0.29) is 27.3 Å². The number of hydrogen-bond donors (Lipinski definition) is 2. The first-order chi connectivity index (χ1) is 17.0. The number of alkyl halides is 3. The van der Waals surface area contributed by atoms with E-state index in [4.69, 9.17) is 4.42 Å². The smallest absolute Gasteiger partial charge is 0.443 e. The van der Waals surface area contributed by atoms with Crippen molar-refractivity contribution in [2.75, 3.05) is 10.2 Å². The average Bonchev–Trinajstić information content (AvgIpc) is 3.43. The van der Waals surface area contributed by atoms with Crippen LogP contribution < -0.4 is 15.6 Å². The summed E-state index contributed by atoms with van der Waals surface area (Å²) in [6, 6.07) is 12.1. The molecule has 0 bridgehead atoms. The zero-order valence-corrected chi connectivity index (χ0v) is 20.0. The van der Waals surface area contributed by atoms with Gasteiger partial charge in [0.1, 0.15) is 10.6 Å². The molecule has 5 rings (SSSR count). The van der Waals surface area contributed by atoms with E-state index in [9.17, 15) is 27.9 Å². The maximum atomic E-state index is 13.2. The first kappa shape index (κ1) is 23.9. The first-order valence-electron chi connectivity index (χ1n) is 11.0. The van der Waals surface area contributed by atoms with Gasteiger partial charge in [0.15, 0.2) is 11.1 Å². The number of aromatic carboxylic acids is 1. The maximum Gasteiger partial charge on any atom is 0.443 e. The summed E-state index contributed by atoms with van der Waals surface area (Å²) in [5, 5.41) is 11.1. The summed E-state index contributed by atoms with van der Waals surface area (Å²) in [5.74, 6) is -1.20. The van der Waals surface area contributed by atoms with Crippen LogP contribution in [0.25, 0.3) is 11.0 Å². The Morgan fingerprint density at radius 2 is 1.86 bits per heavy atom. The van der Waals surface area contributed by atoms with Crippen LogP contribution in [-0.2, 0) is 19.3 Å². The molecule has 0 fully saturated rings. The lowest BCUT2D eigenvalue weighted by Crippen LogP contribution is -2.17. The fourth-order valence-corrected chi connectivity index (χ4v) is 5.26. The molecule has 0 aliphatic carbocycles. The summed E-state index contributed by atoms with van der Waals surface area (Å²) >= 11 is 0.218. The second-order valence-electron chi connectivity index (χ2n) is 8.67. The van der Waals surface area contributed by atoms with Crippen LogP contribution in [0, 0.1) is 6.92 Å². The van der Waals surface area contributed by atoms with Gasteiger partial charge in [-0.3, -0.25) is 4.79 Å². The molecule has 11 heteroatoms. The predicted octanol–water partition coefficient (Wildman–Crippen LogP) is 5.97. The zero-order valence-electron chi connectivity index (χ0n) is 19.1. The number of thiazole rings is 1. The van der Waals surface area contributed by atoms with Crippen molar-refractivity contribution in [1.82, 2.24) is 4.98 Å². The highest BCUT2D eigenvalue weighted by Crippen LogP contribution is 2.39. The molecule has 2 aromatic heterocycles. The minimum Gasteiger partial charge on any atom is -0.476 e. The van der Waals surface area contributed by atoms with Crippen molar-refractivity contribution in [2.24, 2.45) is 0 Å². The maximum absolute atomic E-state index is 13.2. The Morgan fingerprint density at radius 1 is 1.19 bits per heavy atom. The standard InChI is InChI=1S/C25H20F3N3O4S/c1-12-7-16(13(2)29-22-20(23(33)34)30-24(36-22)25(26,27)28)21-17(8-12)18(32)9-19(35-21)31-10-14-5-3-4-6-15(14)11-31/h3-9,13,29H,10-11H2,1-2H3,(H,33,34)/t13-/m1/s1. The lowest BCUT2D eigenvalue weighted by atomic mass is 10.0. The number of hydrogen-bond acceptors (Lipinski definition) is 7. The predicted molar refractivity (Wildman–Crippen MR) is 130 cm³/mol. The quantitative estimate of drug-likeness (QED) is 0.338. The van der Waals surface area contributed by atoms with Gasteiger partial charge in [-0.2, -0.15) is 13.2 Å². The van der Waals surface area contributed by atoms with Crippen molar-refractivity contribution < 1.29 is 27.5 Å². The molecule has 4 aromatic rings. The number of carboxylic acids is 1. The van der Waals surface area contributed by atoms with Gasteiger partial charge in [-0.15, -0.1) is 0 Å². The summed E-state index contributed by atoms with van der Waals surface area (Å²) in [7, 11) is 0. The van der Waals surface area contributed by atoms with Gasteiger partial charge in [0, 0.05) is 24.7 Å². The Morgan fingerprint density at radius 3 is 2.47 bits per heavy atom. The second-order valence-corrected chi connectivity index (χ2v) is 9.67. The minimum atomic E-state index is -4.77. The molecule has 36 heavy (non-hydrogen) atoms. The number of rotatable bonds is 5. The Balaban J connectivity index is 1.55. The second kappa shape index (κ2) is 8.66. The summed E-state index contributed by atoms with van der Waals surface area (Å²) in [6.45, 7) is 4.59.